The number of nitrogens with one attached hydrogen (secondary N) is 1. The summed E-state index contributed by atoms with van der Waals surface area (Å²) < 4.78 is 0. The second-order valence-electron chi connectivity index (χ2n) is 4.25. The van der Waals surface area contributed by atoms with Gasteiger partial charge in [-0.3, -0.25) is 0 Å². The lowest BCUT2D eigenvalue weighted by molar-refractivity contribution is 0.123. The first-order valence-corrected chi connectivity index (χ1v) is 5.51. The second-order valence-corrected chi connectivity index (χ2v) is 4.25. The highest BCUT2D eigenvalue weighted by molar-refractivity contribution is 5.74. The Bertz CT molecular complexity index is 205. The molecule has 0 unspecified atom stereocenters. The Morgan fingerprint density at radius 1 is 1.29 bits per heavy atom. The van der Waals surface area contributed by atoms with Gasteiger partial charge < -0.3 is 15.1 Å². The molecule has 0 aliphatic carbocycles. The number of urea groups is 1. The van der Waals surface area contributed by atoms with E-state index < -0.39 is 0 Å². The third-order valence-corrected chi connectivity index (χ3v) is 3.24. The average molecular weight is 197 g/mol. The van der Waals surface area contributed by atoms with Gasteiger partial charge in [0, 0.05) is 33.2 Å². The Morgan fingerprint density at radius 2 is 1.93 bits per heavy atom. The van der Waals surface area contributed by atoms with E-state index in [2.05, 4.69) is 5.32 Å². The molecule has 0 saturated carbocycles. The standard InChI is InChI=1S/C10H19N3O/c1-12(9-7-11-8-9)10(14)13-5-3-2-4-6-13/h9,11H,2-8H2,1H3. The molecule has 0 aromatic heterocycles. The van der Waals surface area contributed by atoms with Crippen LogP contribution in [-0.2, 0) is 0 Å². The van der Waals surface area contributed by atoms with E-state index in [1.54, 1.807) is 0 Å². The van der Waals surface area contributed by atoms with Crippen molar-refractivity contribution in [3.8, 4) is 0 Å². The lowest BCUT2D eigenvalue weighted by atomic mass is 10.1. The molecule has 0 radical (unpaired) electrons. The van der Waals surface area contributed by atoms with Crippen molar-refractivity contribution in [3.63, 3.8) is 0 Å². The molecule has 2 aliphatic heterocycles. The van der Waals surface area contributed by atoms with Gasteiger partial charge in [0.05, 0.1) is 6.04 Å². The summed E-state index contributed by atoms with van der Waals surface area (Å²) in [4.78, 5) is 15.8. The number of likely N-dealkylation sites (N-methyl/N-ethyl adjacent to an activating group) is 1. The number of amides is 2. The monoisotopic (exact) mass is 197 g/mol. The lowest BCUT2D eigenvalue weighted by Gasteiger charge is -2.39. The molecule has 2 amide bonds. The van der Waals surface area contributed by atoms with Crippen molar-refractivity contribution in [3.05, 3.63) is 0 Å². The van der Waals surface area contributed by atoms with Gasteiger partial charge in [-0.15, -0.1) is 0 Å². The minimum absolute atomic E-state index is 0.219. The van der Waals surface area contributed by atoms with E-state index in [1.807, 2.05) is 16.8 Å². The molecule has 14 heavy (non-hydrogen) atoms. The van der Waals surface area contributed by atoms with Gasteiger partial charge in [0.15, 0.2) is 0 Å². The first-order chi connectivity index (χ1) is 6.79. The molecule has 0 bridgehead atoms. The van der Waals surface area contributed by atoms with Crippen LogP contribution in [0, 0.1) is 0 Å². The topological polar surface area (TPSA) is 35.6 Å². The van der Waals surface area contributed by atoms with Crippen LogP contribution in [0.1, 0.15) is 19.3 Å². The molecule has 0 atom stereocenters. The SMILES string of the molecule is CN(C(=O)N1CCCCC1)C1CNC1. The van der Waals surface area contributed by atoms with Gasteiger partial charge in [0.1, 0.15) is 0 Å². The molecule has 4 heteroatoms. The van der Waals surface area contributed by atoms with E-state index in [1.165, 1.54) is 19.3 Å². The zero-order valence-corrected chi connectivity index (χ0v) is 8.83. The Hall–Kier alpha value is -0.770. The molecule has 0 aromatic rings. The largest absolute Gasteiger partial charge is 0.325 e. The van der Waals surface area contributed by atoms with Gasteiger partial charge in [-0.1, -0.05) is 0 Å². The van der Waals surface area contributed by atoms with Crippen molar-refractivity contribution >= 4 is 6.03 Å². The second kappa shape index (κ2) is 4.17. The van der Waals surface area contributed by atoms with Crippen LogP contribution < -0.4 is 5.32 Å². The molecule has 0 spiro atoms. The van der Waals surface area contributed by atoms with E-state index in [-0.39, 0.29) is 6.03 Å². The number of likely N-dealkylation sites (tertiary alicyclic amines) is 1. The van der Waals surface area contributed by atoms with Crippen LogP contribution in [0.5, 0.6) is 0 Å². The third-order valence-electron chi connectivity index (χ3n) is 3.24. The van der Waals surface area contributed by atoms with E-state index in [9.17, 15) is 4.79 Å². The van der Waals surface area contributed by atoms with Gasteiger partial charge in [0.25, 0.3) is 0 Å². The highest BCUT2D eigenvalue weighted by Gasteiger charge is 2.28. The third kappa shape index (κ3) is 1.85. The highest BCUT2D eigenvalue weighted by atomic mass is 16.2. The number of carbonyl (C=O) groups is 1. The molecule has 0 aromatic carbocycles. The van der Waals surface area contributed by atoms with Gasteiger partial charge in [0.2, 0.25) is 0 Å². The number of rotatable bonds is 1. The van der Waals surface area contributed by atoms with Gasteiger partial charge in [-0.25, -0.2) is 4.79 Å². The summed E-state index contributed by atoms with van der Waals surface area (Å²) in [7, 11) is 1.92. The summed E-state index contributed by atoms with van der Waals surface area (Å²) >= 11 is 0. The maximum Gasteiger partial charge on any atom is 0.320 e. The number of piperidine rings is 1. The molecule has 2 heterocycles. The van der Waals surface area contributed by atoms with Crippen molar-refractivity contribution in [1.82, 2.24) is 15.1 Å². The molecule has 4 nitrogen and oxygen atoms in total. The minimum atomic E-state index is 0.219. The molecule has 2 aliphatic rings. The normalized spacial score (nSPS) is 23.1. The predicted molar refractivity (Wildman–Crippen MR) is 55.2 cm³/mol. The van der Waals surface area contributed by atoms with Crippen molar-refractivity contribution in [2.45, 2.75) is 25.3 Å². The summed E-state index contributed by atoms with van der Waals surface area (Å²) in [6, 6.07) is 0.639. The van der Waals surface area contributed by atoms with Crippen LogP contribution in [0.4, 0.5) is 4.79 Å². The Balaban J connectivity index is 1.85. The lowest BCUT2D eigenvalue weighted by Crippen LogP contribution is -2.60. The number of nitrogens with zero attached hydrogens (tertiary/aromatic N) is 2. The zero-order chi connectivity index (χ0) is 9.97. The van der Waals surface area contributed by atoms with E-state index >= 15 is 0 Å². The van der Waals surface area contributed by atoms with Crippen molar-refractivity contribution in [2.75, 3.05) is 33.2 Å². The van der Waals surface area contributed by atoms with E-state index in [0.717, 1.165) is 26.2 Å². The smallest absolute Gasteiger partial charge is 0.320 e. The fourth-order valence-corrected chi connectivity index (χ4v) is 2.01. The summed E-state index contributed by atoms with van der Waals surface area (Å²) in [5.74, 6) is 0. The number of hydrogen-bond donors (Lipinski definition) is 1. The summed E-state index contributed by atoms with van der Waals surface area (Å²) in [5, 5.41) is 3.19. The maximum atomic E-state index is 12.0. The highest BCUT2D eigenvalue weighted by Crippen LogP contribution is 2.12. The van der Waals surface area contributed by atoms with Crippen molar-refractivity contribution in [2.24, 2.45) is 0 Å². The molecule has 2 fully saturated rings. The molecule has 2 saturated heterocycles. The predicted octanol–water partition coefficient (Wildman–Crippen LogP) is 0.496. The fourth-order valence-electron chi connectivity index (χ4n) is 2.01. The Morgan fingerprint density at radius 3 is 2.43 bits per heavy atom. The van der Waals surface area contributed by atoms with Gasteiger partial charge in [-0.05, 0) is 19.3 Å². The van der Waals surface area contributed by atoms with Gasteiger partial charge >= 0.3 is 6.03 Å². The van der Waals surface area contributed by atoms with Crippen LogP contribution in [-0.4, -0.2) is 55.1 Å². The molecular weight excluding hydrogens is 178 g/mol. The maximum absolute atomic E-state index is 12.0. The van der Waals surface area contributed by atoms with Crippen LogP contribution in [0.2, 0.25) is 0 Å². The summed E-state index contributed by atoms with van der Waals surface area (Å²) in [6.07, 6.45) is 3.61. The Labute approximate surface area is 85.2 Å². The van der Waals surface area contributed by atoms with Crippen LogP contribution in [0.15, 0.2) is 0 Å². The van der Waals surface area contributed by atoms with Crippen molar-refractivity contribution < 1.29 is 4.79 Å². The fraction of sp³-hybridized carbons (Fsp3) is 0.900. The van der Waals surface area contributed by atoms with Crippen LogP contribution in [0.3, 0.4) is 0 Å². The van der Waals surface area contributed by atoms with Crippen molar-refractivity contribution in [1.29, 1.82) is 0 Å². The van der Waals surface area contributed by atoms with E-state index in [4.69, 9.17) is 0 Å². The van der Waals surface area contributed by atoms with Gasteiger partial charge in [-0.2, -0.15) is 0 Å². The number of carbonyl (C=O) groups excluding carboxylic acids is 1. The Kier molecular flexibility index (Phi) is 2.91. The molecule has 80 valence electrons. The number of hydrogen-bond acceptors (Lipinski definition) is 2. The average Bonchev–Trinajstić information content (AvgIpc) is 2.15. The first kappa shape index (κ1) is 9.77. The summed E-state index contributed by atoms with van der Waals surface area (Å²) in [6.45, 7) is 3.80. The molecule has 1 N–H and O–H groups in total. The first-order valence-electron chi connectivity index (χ1n) is 5.51. The quantitative estimate of drug-likeness (QED) is 0.664. The van der Waals surface area contributed by atoms with E-state index in [0.29, 0.717) is 6.04 Å². The molecular formula is C10H19N3O. The zero-order valence-electron chi connectivity index (χ0n) is 8.83. The van der Waals surface area contributed by atoms with Crippen LogP contribution >= 0.6 is 0 Å². The molecule has 2 rings (SSSR count). The van der Waals surface area contributed by atoms with Crippen LogP contribution in [0.25, 0.3) is 0 Å². The minimum Gasteiger partial charge on any atom is -0.325 e. The summed E-state index contributed by atoms with van der Waals surface area (Å²) in [5.41, 5.74) is 0.